The summed E-state index contributed by atoms with van der Waals surface area (Å²) in [6.45, 7) is 2.00. The molecule has 1 aromatic carbocycles. The van der Waals surface area contributed by atoms with E-state index in [-0.39, 0.29) is 5.82 Å². The summed E-state index contributed by atoms with van der Waals surface area (Å²) in [5.41, 5.74) is 0.722. The highest BCUT2D eigenvalue weighted by atomic mass is 32.1. The van der Waals surface area contributed by atoms with E-state index in [1.807, 2.05) is 6.07 Å². The third-order valence-corrected chi connectivity index (χ3v) is 3.33. The van der Waals surface area contributed by atoms with Gasteiger partial charge in [0.25, 0.3) is 0 Å². The summed E-state index contributed by atoms with van der Waals surface area (Å²) in [5.74, 6) is -0.242. The number of thiocarbonyl (C=S) groups is 1. The third kappa shape index (κ3) is 3.66. The number of benzene rings is 1. The van der Waals surface area contributed by atoms with E-state index in [1.54, 1.807) is 6.07 Å². The van der Waals surface area contributed by atoms with Gasteiger partial charge in [0.15, 0.2) is 5.11 Å². The summed E-state index contributed by atoms with van der Waals surface area (Å²) in [5, 5.41) is 3.80. The van der Waals surface area contributed by atoms with Crippen LogP contribution in [-0.2, 0) is 0 Å². The molecule has 17 heavy (non-hydrogen) atoms. The van der Waals surface area contributed by atoms with Gasteiger partial charge in [-0.05, 0) is 43.3 Å². The molecule has 0 aromatic heterocycles. The maximum Gasteiger partial charge on any atom is 0.173 e. The number of rotatable bonds is 1. The molecule has 0 atom stereocenters. The summed E-state index contributed by atoms with van der Waals surface area (Å²) in [6.07, 6.45) is 4.92. The van der Waals surface area contributed by atoms with Gasteiger partial charge in [-0.3, -0.25) is 0 Å². The maximum atomic E-state index is 13.0. The van der Waals surface area contributed by atoms with Crippen LogP contribution in [0, 0.1) is 5.82 Å². The molecule has 0 amide bonds. The fraction of sp³-hybridized carbons (Fsp3) is 0.462. The first-order valence-corrected chi connectivity index (χ1v) is 6.48. The smallest absolute Gasteiger partial charge is 0.173 e. The lowest BCUT2D eigenvalue weighted by atomic mass is 10.2. The SMILES string of the molecule is Fc1cccc(NC(=S)N2CCCCCC2)c1. The second kappa shape index (κ2) is 5.96. The molecule has 1 saturated heterocycles. The molecule has 2 rings (SSSR count). The minimum absolute atomic E-state index is 0.242. The zero-order valence-electron chi connectivity index (χ0n) is 9.79. The fourth-order valence-corrected chi connectivity index (χ4v) is 2.34. The Morgan fingerprint density at radius 2 is 1.88 bits per heavy atom. The van der Waals surface area contributed by atoms with Crippen LogP contribution in [0.2, 0.25) is 0 Å². The van der Waals surface area contributed by atoms with Crippen molar-refractivity contribution in [3.8, 4) is 0 Å². The van der Waals surface area contributed by atoms with Gasteiger partial charge in [-0.25, -0.2) is 4.39 Å². The van der Waals surface area contributed by atoms with Gasteiger partial charge < -0.3 is 10.2 Å². The second-order valence-corrected chi connectivity index (χ2v) is 4.73. The van der Waals surface area contributed by atoms with Crippen molar-refractivity contribution in [1.29, 1.82) is 0 Å². The van der Waals surface area contributed by atoms with Gasteiger partial charge in [0.05, 0.1) is 0 Å². The highest BCUT2D eigenvalue weighted by Crippen LogP contribution is 2.13. The van der Waals surface area contributed by atoms with Crippen LogP contribution >= 0.6 is 12.2 Å². The minimum Gasteiger partial charge on any atom is -0.349 e. The molecule has 0 saturated carbocycles. The number of nitrogens with one attached hydrogen (secondary N) is 1. The Labute approximate surface area is 107 Å². The van der Waals surface area contributed by atoms with Crippen molar-refractivity contribution in [2.45, 2.75) is 25.7 Å². The first-order chi connectivity index (χ1) is 8.25. The minimum atomic E-state index is -0.242. The molecule has 4 heteroatoms. The molecule has 92 valence electrons. The Morgan fingerprint density at radius 3 is 2.53 bits per heavy atom. The van der Waals surface area contributed by atoms with E-state index in [2.05, 4.69) is 10.2 Å². The average molecular weight is 252 g/mol. The lowest BCUT2D eigenvalue weighted by Gasteiger charge is -2.23. The van der Waals surface area contributed by atoms with Gasteiger partial charge in [-0.2, -0.15) is 0 Å². The molecule has 2 nitrogen and oxygen atoms in total. The van der Waals surface area contributed by atoms with Crippen LogP contribution in [-0.4, -0.2) is 23.1 Å². The van der Waals surface area contributed by atoms with Crippen LogP contribution in [0.15, 0.2) is 24.3 Å². The standard InChI is InChI=1S/C13H17FN2S/c14-11-6-5-7-12(10-11)15-13(17)16-8-3-1-2-4-9-16/h5-7,10H,1-4,8-9H2,(H,15,17). The highest BCUT2D eigenvalue weighted by molar-refractivity contribution is 7.80. The van der Waals surface area contributed by atoms with Crippen molar-refractivity contribution in [2.75, 3.05) is 18.4 Å². The quantitative estimate of drug-likeness (QED) is 0.771. The van der Waals surface area contributed by atoms with Crippen LogP contribution in [0.25, 0.3) is 0 Å². The summed E-state index contributed by atoms with van der Waals surface area (Å²) in [4.78, 5) is 2.17. The van der Waals surface area contributed by atoms with E-state index in [0.717, 1.165) is 18.8 Å². The number of likely N-dealkylation sites (tertiary alicyclic amines) is 1. The summed E-state index contributed by atoms with van der Waals surface area (Å²) in [6, 6.07) is 6.40. The normalized spacial score (nSPS) is 16.4. The fourth-order valence-electron chi connectivity index (χ4n) is 2.04. The summed E-state index contributed by atoms with van der Waals surface area (Å²) < 4.78 is 13.0. The van der Waals surface area contributed by atoms with Crippen LogP contribution < -0.4 is 5.32 Å². The van der Waals surface area contributed by atoms with Gasteiger partial charge in [0.1, 0.15) is 5.82 Å². The monoisotopic (exact) mass is 252 g/mol. The molecule has 0 unspecified atom stereocenters. The lowest BCUT2D eigenvalue weighted by molar-refractivity contribution is 0.441. The van der Waals surface area contributed by atoms with Gasteiger partial charge in [0.2, 0.25) is 0 Å². The lowest BCUT2D eigenvalue weighted by Crippen LogP contribution is -2.35. The second-order valence-electron chi connectivity index (χ2n) is 4.34. The number of halogens is 1. The molecular formula is C13H17FN2S. The Kier molecular flexibility index (Phi) is 4.31. The van der Waals surface area contributed by atoms with Gasteiger partial charge in [0, 0.05) is 18.8 Å². The van der Waals surface area contributed by atoms with Crippen molar-refractivity contribution in [1.82, 2.24) is 4.90 Å². The molecule has 1 aliphatic heterocycles. The van der Waals surface area contributed by atoms with Crippen molar-refractivity contribution in [3.63, 3.8) is 0 Å². The highest BCUT2D eigenvalue weighted by Gasteiger charge is 2.12. The van der Waals surface area contributed by atoms with Gasteiger partial charge in [-0.1, -0.05) is 18.9 Å². The Bertz CT molecular complexity index is 387. The van der Waals surface area contributed by atoms with Crippen molar-refractivity contribution < 1.29 is 4.39 Å². The molecule has 0 radical (unpaired) electrons. The molecule has 1 heterocycles. The van der Waals surface area contributed by atoms with Gasteiger partial charge in [-0.15, -0.1) is 0 Å². The van der Waals surface area contributed by atoms with E-state index in [1.165, 1.54) is 37.8 Å². The molecular weight excluding hydrogens is 235 g/mol. The Balaban J connectivity index is 1.95. The van der Waals surface area contributed by atoms with E-state index in [0.29, 0.717) is 5.11 Å². The predicted octanol–water partition coefficient (Wildman–Crippen LogP) is 3.40. The number of anilines is 1. The number of hydrogen-bond acceptors (Lipinski definition) is 1. The van der Waals surface area contributed by atoms with Crippen molar-refractivity contribution in [3.05, 3.63) is 30.1 Å². The van der Waals surface area contributed by atoms with E-state index < -0.39 is 0 Å². The topological polar surface area (TPSA) is 15.3 Å². The molecule has 0 spiro atoms. The third-order valence-electron chi connectivity index (χ3n) is 2.97. The molecule has 0 bridgehead atoms. The zero-order valence-corrected chi connectivity index (χ0v) is 10.6. The molecule has 1 aliphatic rings. The molecule has 1 aromatic rings. The molecule has 1 N–H and O–H groups in total. The molecule has 0 aliphatic carbocycles. The first-order valence-electron chi connectivity index (χ1n) is 6.07. The van der Waals surface area contributed by atoms with Crippen molar-refractivity contribution >= 4 is 23.0 Å². The van der Waals surface area contributed by atoms with Crippen molar-refractivity contribution in [2.24, 2.45) is 0 Å². The predicted molar refractivity (Wildman–Crippen MR) is 72.7 cm³/mol. The molecule has 1 fully saturated rings. The zero-order chi connectivity index (χ0) is 12.1. The van der Waals surface area contributed by atoms with E-state index in [4.69, 9.17) is 12.2 Å². The largest absolute Gasteiger partial charge is 0.349 e. The number of nitrogens with zero attached hydrogens (tertiary/aromatic N) is 1. The first kappa shape index (κ1) is 12.3. The van der Waals surface area contributed by atoms with E-state index >= 15 is 0 Å². The number of hydrogen-bond donors (Lipinski definition) is 1. The summed E-state index contributed by atoms with van der Waals surface area (Å²) >= 11 is 5.35. The van der Waals surface area contributed by atoms with Gasteiger partial charge >= 0.3 is 0 Å². The van der Waals surface area contributed by atoms with Crippen LogP contribution in [0.4, 0.5) is 10.1 Å². The maximum absolute atomic E-state index is 13.0. The Morgan fingerprint density at radius 1 is 1.18 bits per heavy atom. The van der Waals surface area contributed by atoms with Crippen LogP contribution in [0.5, 0.6) is 0 Å². The van der Waals surface area contributed by atoms with Crippen LogP contribution in [0.1, 0.15) is 25.7 Å². The average Bonchev–Trinajstić information content (AvgIpc) is 2.57. The van der Waals surface area contributed by atoms with E-state index in [9.17, 15) is 4.39 Å². The Hall–Kier alpha value is -1.16. The van der Waals surface area contributed by atoms with Crippen LogP contribution in [0.3, 0.4) is 0 Å². The summed E-state index contributed by atoms with van der Waals surface area (Å²) in [7, 11) is 0.